The van der Waals surface area contributed by atoms with Crippen molar-refractivity contribution in [2.45, 2.75) is 184 Å². The summed E-state index contributed by atoms with van der Waals surface area (Å²) in [6.07, 6.45) is 12.8. The van der Waals surface area contributed by atoms with Crippen LogP contribution < -0.4 is 16.6 Å². The lowest BCUT2D eigenvalue weighted by molar-refractivity contribution is -0.118. The van der Waals surface area contributed by atoms with Crippen LogP contribution in [0.25, 0.3) is 0 Å². The van der Waals surface area contributed by atoms with Crippen molar-refractivity contribution in [3.05, 3.63) is 0 Å². The van der Waals surface area contributed by atoms with Crippen LogP contribution >= 0.6 is 7.52 Å². The van der Waals surface area contributed by atoms with E-state index >= 15 is 0 Å². The predicted molar refractivity (Wildman–Crippen MR) is 291 cm³/mol. The number of hydrogen-bond acceptors (Lipinski definition) is 14. The number of urea groups is 1. The lowest BCUT2D eigenvalue weighted by Crippen LogP contribution is -2.45. The molecule has 66 heavy (non-hydrogen) atoms. The number of nitrogens with zero attached hydrogens (tertiary/aromatic N) is 1. The molecule has 0 bridgehead atoms. The Morgan fingerprint density at radius 2 is 0.848 bits per heavy atom. The van der Waals surface area contributed by atoms with E-state index < -0.39 is 56.7 Å². The van der Waals surface area contributed by atoms with Gasteiger partial charge in [0.1, 0.15) is 55.7 Å². The highest BCUT2D eigenvalue weighted by Crippen LogP contribution is 2.31. The molecule has 6 N–H and O–H groups in total. The van der Waals surface area contributed by atoms with Gasteiger partial charge in [0, 0.05) is 77.3 Å². The Morgan fingerprint density at radius 1 is 0.591 bits per heavy atom. The van der Waals surface area contributed by atoms with Crippen molar-refractivity contribution in [1.29, 1.82) is 0 Å². The van der Waals surface area contributed by atoms with Gasteiger partial charge >= 0.3 is 6.03 Å². The molecule has 1 saturated carbocycles. The molecule has 0 radical (unpaired) electrons. The van der Waals surface area contributed by atoms with Crippen molar-refractivity contribution in [3.63, 3.8) is 0 Å². The molecule has 2 aliphatic rings. The molecular formula is C42H109N4O14PS5. The van der Waals surface area contributed by atoms with Gasteiger partial charge in [-0.25, -0.2) is 46.9 Å². The van der Waals surface area contributed by atoms with Gasteiger partial charge in [-0.05, 0) is 45.4 Å². The van der Waals surface area contributed by atoms with Crippen LogP contribution in [0.5, 0.6) is 0 Å². The van der Waals surface area contributed by atoms with E-state index in [9.17, 15) is 56.2 Å². The fraction of sp³-hybridized carbons (Fsp3) is 0.952. The van der Waals surface area contributed by atoms with Crippen LogP contribution in [-0.2, 0) is 58.5 Å². The molecular weight excluding hydrogens is 976 g/mol. The molecule has 2 fully saturated rings. The van der Waals surface area contributed by atoms with Gasteiger partial charge in [-0.3, -0.25) is 20.2 Å². The second kappa shape index (κ2) is 53.2. The number of nitrogens with one attached hydrogen (secondary N) is 1. The number of nitrogens with two attached hydrogens (primary N) is 2. The van der Waals surface area contributed by atoms with Gasteiger partial charge in [-0.15, -0.1) is 0 Å². The highest BCUT2D eigenvalue weighted by Gasteiger charge is 2.29. The van der Waals surface area contributed by atoms with Crippen molar-refractivity contribution < 1.29 is 61.1 Å². The Kier molecular flexibility index (Phi) is 76.2. The summed E-state index contributed by atoms with van der Waals surface area (Å²) in [5, 5.41) is 2.17. The molecule has 1 saturated heterocycles. The van der Waals surface area contributed by atoms with Gasteiger partial charge in [-0.1, -0.05) is 133 Å². The van der Waals surface area contributed by atoms with Gasteiger partial charge < -0.3 is 15.5 Å². The van der Waals surface area contributed by atoms with Crippen LogP contribution in [0.1, 0.15) is 178 Å². The van der Waals surface area contributed by atoms with Crippen molar-refractivity contribution >= 4 is 68.6 Å². The number of carbonyl (C=O) groups is 2. The molecule has 1 heterocycles. The maximum absolute atomic E-state index is 10.6. The zero-order chi connectivity index (χ0) is 51.7. The first-order chi connectivity index (χ1) is 27.8. The van der Waals surface area contributed by atoms with E-state index in [1.807, 2.05) is 20.8 Å². The number of imide groups is 1. The van der Waals surface area contributed by atoms with E-state index in [0.29, 0.717) is 18.1 Å². The predicted octanol–water partition coefficient (Wildman–Crippen LogP) is 8.18. The molecule has 0 aromatic heterocycles. The third-order valence-corrected chi connectivity index (χ3v) is 15.0. The van der Waals surface area contributed by atoms with Crippen molar-refractivity contribution in [3.8, 4) is 0 Å². The van der Waals surface area contributed by atoms with Crippen LogP contribution in [0.15, 0.2) is 0 Å². The molecule has 0 spiro atoms. The van der Waals surface area contributed by atoms with Crippen LogP contribution in [0, 0.1) is 0 Å². The van der Waals surface area contributed by atoms with Crippen LogP contribution in [0.3, 0.4) is 0 Å². The molecule has 1 aliphatic carbocycles. The first kappa shape index (κ1) is 94.6. The molecule has 1 unspecified atom stereocenters. The van der Waals surface area contributed by atoms with Crippen LogP contribution in [0.2, 0.25) is 0 Å². The SMILES string of the molecule is C.C.C.C.CCC.CCC.CCC1(N)CCC1.CCCS(C)(=O)=O.CCCS(C)(=O)=O.CCN1CC(=O)NC1=O.CCP(N)(=O)O.CCS(=O)(=O)CC.CCS(=O)(=O)CC.CCS(C)(=O)=O. The minimum atomic E-state index is -3.15. The van der Waals surface area contributed by atoms with E-state index in [2.05, 4.69) is 45.4 Å². The average molecular weight is 1090 g/mol. The van der Waals surface area contributed by atoms with E-state index in [1.165, 1.54) is 55.8 Å². The Bertz CT molecular complexity index is 1590. The summed E-state index contributed by atoms with van der Waals surface area (Å²) in [5.41, 5.74) is 10.7. The molecule has 24 heteroatoms. The highest BCUT2D eigenvalue weighted by atomic mass is 32.2. The summed E-state index contributed by atoms with van der Waals surface area (Å²) >= 11 is 0. The Labute approximate surface area is 410 Å². The second-order valence-corrected chi connectivity index (χ2v) is 28.4. The Balaban J connectivity index is -0.0000000493. The average Bonchev–Trinajstić information content (AvgIpc) is 3.47. The van der Waals surface area contributed by atoms with E-state index in [-0.39, 0.29) is 88.7 Å². The van der Waals surface area contributed by atoms with Gasteiger partial charge in [-0.2, -0.15) is 0 Å². The lowest BCUT2D eigenvalue weighted by Gasteiger charge is -2.36. The Morgan fingerprint density at radius 3 is 0.879 bits per heavy atom. The lowest BCUT2D eigenvalue weighted by atomic mass is 9.76. The molecule has 0 aromatic carbocycles. The minimum absolute atomic E-state index is 0. The number of carbonyl (C=O) groups excluding carboxylic acids is 2. The number of hydrogen-bond donors (Lipinski definition) is 4. The summed E-state index contributed by atoms with van der Waals surface area (Å²) < 4.78 is 112. The molecule has 1 atom stereocenters. The quantitative estimate of drug-likeness (QED) is 0.106. The number of rotatable bonds is 12. The molecule has 1 aliphatic heterocycles. The maximum atomic E-state index is 10.6. The number of amides is 3. The van der Waals surface area contributed by atoms with Crippen LogP contribution in [-0.4, -0.2) is 148 Å². The smallest absolute Gasteiger partial charge is 0.324 e. The number of likely N-dealkylation sites (N-methyl/N-ethyl adjacent to an activating group) is 1. The molecule has 18 nitrogen and oxygen atoms in total. The summed E-state index contributed by atoms with van der Waals surface area (Å²) in [4.78, 5) is 30.7. The third-order valence-electron chi connectivity index (χ3n) is 7.19. The van der Waals surface area contributed by atoms with Crippen molar-refractivity contribution in [1.82, 2.24) is 10.2 Å². The van der Waals surface area contributed by atoms with E-state index in [0.717, 1.165) is 19.3 Å². The fourth-order valence-corrected chi connectivity index (χ4v) is 5.17. The zero-order valence-electron chi connectivity index (χ0n) is 41.6. The molecule has 2 rings (SSSR count). The molecule has 0 aromatic rings. The zero-order valence-corrected chi connectivity index (χ0v) is 46.5. The normalized spacial score (nSPS) is 13.7. The van der Waals surface area contributed by atoms with Gasteiger partial charge in [0.2, 0.25) is 5.91 Å². The fourth-order valence-electron chi connectivity index (χ4n) is 2.87. The summed E-state index contributed by atoms with van der Waals surface area (Å²) in [7, 11) is -16.5. The highest BCUT2D eigenvalue weighted by molar-refractivity contribution is 7.92. The first-order valence-electron chi connectivity index (χ1n) is 21.2. The standard InChI is InChI=1S/C6H13N.C5H8N2O2.4C4H10O2S.C3H8O2S.2C3H8.C2H8NO2P.4CH4/c1-2-6(7)4-3-5-6;1-2-7-3-4(8)6-5(7)9;2*1-3-4-7(2,5)6;2*1-3-7(5,6)4-2;1-3-6(2,4)5;2*1-3-2;1-2-6(3,4)5;;;;/h2-5,7H2,1H3;2-3H2,1H3,(H,6,8,9);4*3-4H2,1-2H3;3H2,1-2H3;2*3H2,1-2H3;2H2,1H3,(H3,3,4,5);4*1H4. The van der Waals surface area contributed by atoms with Gasteiger partial charge in [0.15, 0.2) is 0 Å². The summed E-state index contributed by atoms with van der Waals surface area (Å²) in [6, 6.07) is -0.275. The largest absolute Gasteiger partial charge is 0.333 e. The molecule has 3 amide bonds. The molecule has 416 valence electrons. The summed E-state index contributed by atoms with van der Waals surface area (Å²) in [6.45, 7) is 26.8. The first-order valence-corrected chi connectivity index (χ1v) is 33.0. The van der Waals surface area contributed by atoms with Gasteiger partial charge in [0.05, 0.1) is 0 Å². The topological polar surface area (TPSA) is 309 Å². The van der Waals surface area contributed by atoms with E-state index in [4.69, 9.17) is 10.6 Å². The maximum Gasteiger partial charge on any atom is 0.324 e. The van der Waals surface area contributed by atoms with Crippen molar-refractivity contribution in [2.24, 2.45) is 11.2 Å². The van der Waals surface area contributed by atoms with Gasteiger partial charge in [0.25, 0.3) is 7.52 Å². The monoisotopic (exact) mass is 1080 g/mol. The van der Waals surface area contributed by atoms with Crippen molar-refractivity contribution in [2.75, 3.05) is 78.3 Å². The number of sulfone groups is 5. The second-order valence-electron chi connectivity index (χ2n) is 14.0. The van der Waals surface area contributed by atoms with E-state index in [1.54, 1.807) is 41.5 Å². The minimum Gasteiger partial charge on any atom is -0.333 e. The van der Waals surface area contributed by atoms with Crippen LogP contribution in [0.4, 0.5) is 4.79 Å². The third kappa shape index (κ3) is 96.7. The summed E-state index contributed by atoms with van der Waals surface area (Å²) in [5.74, 6) is 1.73. The Hall–Kier alpha value is -1.20.